The maximum absolute atomic E-state index is 4.79. The second-order valence-corrected chi connectivity index (χ2v) is 11.5. The summed E-state index contributed by atoms with van der Waals surface area (Å²) in [4.78, 5) is 9.58. The van der Waals surface area contributed by atoms with Gasteiger partial charge in [0.1, 0.15) is 0 Å². The minimum atomic E-state index is 0.943. The number of aromatic nitrogens is 2. The van der Waals surface area contributed by atoms with E-state index in [0.29, 0.717) is 0 Å². The van der Waals surface area contributed by atoms with Gasteiger partial charge in [-0.15, -0.1) is 0 Å². The molecular weight excluding hydrogens is 584 g/mol. The molecule has 0 fully saturated rings. The van der Waals surface area contributed by atoms with Crippen LogP contribution in [0.1, 0.15) is 38.9 Å². The highest BCUT2D eigenvalue weighted by Gasteiger charge is 2.39. The van der Waals surface area contributed by atoms with Crippen molar-refractivity contribution in [3.63, 3.8) is 0 Å². The third-order valence-corrected chi connectivity index (χ3v) is 8.32. The maximum Gasteiger partial charge on any atom is 0.0934 e. The van der Waals surface area contributed by atoms with E-state index in [1.165, 1.54) is 56.0 Å². The molecule has 2 aromatic heterocycles. The number of pyridine rings is 2. The van der Waals surface area contributed by atoms with E-state index in [4.69, 9.17) is 9.97 Å². The molecule has 0 saturated carbocycles. The molecule has 3 aromatic carbocycles. The summed E-state index contributed by atoms with van der Waals surface area (Å²) in [5.74, 6) is 1.19. The Morgan fingerprint density at radius 2 is 1.16 bits per heavy atom. The van der Waals surface area contributed by atoms with Crippen LogP contribution in [0.25, 0.3) is 33.7 Å². The van der Waals surface area contributed by atoms with Gasteiger partial charge in [0.2, 0.25) is 0 Å². The molecule has 0 bridgehead atoms. The molecule has 0 spiro atoms. The Balaban J connectivity index is 1.68. The smallest absolute Gasteiger partial charge is 0.0934 e. The zero-order valence-corrected chi connectivity index (χ0v) is 23.5. The van der Waals surface area contributed by atoms with Gasteiger partial charge in [-0.05, 0) is 106 Å². The van der Waals surface area contributed by atoms with Crippen molar-refractivity contribution >= 4 is 43.0 Å². The highest BCUT2D eigenvalue weighted by molar-refractivity contribution is 9.10. The summed E-state index contributed by atoms with van der Waals surface area (Å²) < 4.78 is 2.13. The molecule has 1 radical (unpaired) electrons. The lowest BCUT2D eigenvalue weighted by Crippen LogP contribution is -2.07. The van der Waals surface area contributed by atoms with Gasteiger partial charge in [0, 0.05) is 21.3 Å². The zero-order valence-electron chi connectivity index (χ0n) is 20.3. The summed E-state index contributed by atoms with van der Waals surface area (Å²) in [5, 5.41) is 0. The second kappa shape index (κ2) is 8.61. The van der Waals surface area contributed by atoms with Gasteiger partial charge in [-0.3, -0.25) is 9.97 Å². The predicted molar refractivity (Wildman–Crippen MR) is 158 cm³/mol. The van der Waals surface area contributed by atoms with Crippen molar-refractivity contribution in [3.05, 3.63) is 145 Å². The number of rotatable bonds is 2. The van der Waals surface area contributed by atoms with Crippen molar-refractivity contribution < 1.29 is 0 Å². The van der Waals surface area contributed by atoms with Crippen molar-refractivity contribution in [1.29, 1.82) is 0 Å². The Labute approximate surface area is 233 Å². The van der Waals surface area contributed by atoms with E-state index in [1.54, 1.807) is 0 Å². The van der Waals surface area contributed by atoms with Crippen LogP contribution in [0.4, 0.5) is 0 Å². The van der Waals surface area contributed by atoms with Crippen LogP contribution in [-0.4, -0.2) is 9.97 Å². The number of hydrogen-bond donors (Lipinski definition) is 0. The van der Waals surface area contributed by atoms with Gasteiger partial charge in [0.05, 0.1) is 17.3 Å². The summed E-state index contributed by atoms with van der Waals surface area (Å²) in [6, 6.07) is 28.4. The maximum atomic E-state index is 4.79. The van der Waals surface area contributed by atoms with Gasteiger partial charge in [-0.25, -0.2) is 0 Å². The Hall–Kier alpha value is -3.34. The monoisotopic (exact) mass is 603 g/mol. The Kier molecular flexibility index (Phi) is 5.31. The van der Waals surface area contributed by atoms with Crippen molar-refractivity contribution in [2.45, 2.75) is 13.8 Å². The van der Waals surface area contributed by atoms with Crippen molar-refractivity contribution in [1.82, 2.24) is 9.97 Å². The molecule has 0 atom stereocenters. The Morgan fingerprint density at radius 1 is 0.595 bits per heavy atom. The van der Waals surface area contributed by atoms with E-state index in [-0.39, 0.29) is 0 Å². The number of hydrogen-bond acceptors (Lipinski definition) is 2. The number of nitrogens with zero attached hydrogens (tertiary/aromatic N) is 2. The van der Waals surface area contributed by atoms with Crippen LogP contribution in [-0.2, 0) is 0 Å². The van der Waals surface area contributed by atoms with Crippen LogP contribution in [0.3, 0.4) is 0 Å². The molecule has 2 aliphatic carbocycles. The van der Waals surface area contributed by atoms with Gasteiger partial charge in [0.25, 0.3) is 0 Å². The lowest BCUT2D eigenvalue weighted by molar-refractivity contribution is 1.26. The average Bonchev–Trinajstić information content (AvgIpc) is 3.39. The molecule has 37 heavy (non-hydrogen) atoms. The third kappa shape index (κ3) is 3.50. The normalized spacial score (nSPS) is 13.2. The zero-order chi connectivity index (χ0) is 25.3. The first-order chi connectivity index (χ1) is 18.0. The first-order valence-corrected chi connectivity index (χ1v) is 13.8. The summed E-state index contributed by atoms with van der Waals surface area (Å²) in [7, 11) is 0. The van der Waals surface area contributed by atoms with Crippen molar-refractivity contribution in [2.24, 2.45) is 0 Å². The molecule has 2 heterocycles. The van der Waals surface area contributed by atoms with Crippen molar-refractivity contribution in [3.8, 4) is 22.5 Å². The molecule has 5 aromatic rings. The minimum absolute atomic E-state index is 0.943. The summed E-state index contributed by atoms with van der Waals surface area (Å²) in [6.07, 6.45) is 3.72. The SMILES string of the molecule is Cc1ccc(C)c(C([C]2c3cccnc3-c3ncccc32)=C2c3cc(Br)ccc3-c3ccc(Br)cc32)c1. The van der Waals surface area contributed by atoms with E-state index < -0.39 is 0 Å². The summed E-state index contributed by atoms with van der Waals surface area (Å²) >= 11 is 7.52. The molecule has 4 heteroatoms. The Bertz CT molecular complexity index is 1680. The van der Waals surface area contributed by atoms with Crippen LogP contribution in [0.2, 0.25) is 0 Å². The van der Waals surface area contributed by atoms with Crippen molar-refractivity contribution in [2.75, 3.05) is 0 Å². The topological polar surface area (TPSA) is 25.8 Å². The fourth-order valence-electron chi connectivity index (χ4n) is 5.74. The number of halogens is 2. The number of allylic oxidation sites excluding steroid dienone is 1. The summed E-state index contributed by atoms with van der Waals surface area (Å²) in [6.45, 7) is 4.37. The van der Waals surface area contributed by atoms with Gasteiger partial charge in [-0.1, -0.05) is 79.9 Å². The molecule has 0 N–H and O–H groups in total. The van der Waals surface area contributed by atoms with E-state index in [2.05, 4.69) is 112 Å². The lowest BCUT2D eigenvalue weighted by atomic mass is 9.78. The lowest BCUT2D eigenvalue weighted by Gasteiger charge is -2.23. The highest BCUT2D eigenvalue weighted by atomic mass is 79.9. The van der Waals surface area contributed by atoms with Crippen LogP contribution in [0.15, 0.2) is 100 Å². The molecule has 2 aliphatic rings. The minimum Gasteiger partial charge on any atom is -0.254 e. The molecular formula is C33H21Br2N2. The quantitative estimate of drug-likeness (QED) is 0.197. The second-order valence-electron chi connectivity index (χ2n) is 9.62. The molecule has 0 amide bonds. The third-order valence-electron chi connectivity index (χ3n) is 7.33. The fourth-order valence-corrected chi connectivity index (χ4v) is 6.46. The predicted octanol–water partition coefficient (Wildman–Crippen LogP) is 9.21. The average molecular weight is 605 g/mol. The van der Waals surface area contributed by atoms with E-state index in [1.807, 2.05) is 24.5 Å². The van der Waals surface area contributed by atoms with Gasteiger partial charge in [-0.2, -0.15) is 0 Å². The first kappa shape index (κ1) is 22.8. The van der Waals surface area contributed by atoms with E-state index in [0.717, 1.165) is 31.5 Å². The van der Waals surface area contributed by atoms with Crippen LogP contribution >= 0.6 is 31.9 Å². The van der Waals surface area contributed by atoms with Crippen LogP contribution < -0.4 is 0 Å². The highest BCUT2D eigenvalue weighted by Crippen LogP contribution is 2.56. The molecule has 0 aliphatic heterocycles. The number of fused-ring (bicyclic) bond motifs is 6. The fraction of sp³-hybridized carbons (Fsp3) is 0.0606. The molecule has 7 rings (SSSR count). The van der Waals surface area contributed by atoms with E-state index >= 15 is 0 Å². The first-order valence-electron chi connectivity index (χ1n) is 12.2. The van der Waals surface area contributed by atoms with E-state index in [9.17, 15) is 0 Å². The van der Waals surface area contributed by atoms with Gasteiger partial charge >= 0.3 is 0 Å². The number of aryl methyl sites for hydroxylation is 2. The van der Waals surface area contributed by atoms with Crippen LogP contribution in [0.5, 0.6) is 0 Å². The standard InChI is InChI=1S/C33H21Br2N2/c1-18-7-8-19(2)26(15-18)31(29-24-5-3-13-36-32(24)33-25(29)6-4-14-37-33)30-27-16-20(34)9-11-22(27)23-12-10-21(35)17-28(23)30/h3-17H,1-2H3. The Morgan fingerprint density at radius 3 is 1.73 bits per heavy atom. The van der Waals surface area contributed by atoms with Gasteiger partial charge in [0.15, 0.2) is 0 Å². The largest absolute Gasteiger partial charge is 0.254 e. The molecule has 2 nitrogen and oxygen atoms in total. The molecule has 0 unspecified atom stereocenters. The molecule has 0 saturated heterocycles. The summed E-state index contributed by atoms with van der Waals surface area (Å²) in [5.41, 5.74) is 15.3. The number of benzene rings is 3. The van der Waals surface area contributed by atoms with Crippen LogP contribution in [0, 0.1) is 19.8 Å². The van der Waals surface area contributed by atoms with Gasteiger partial charge < -0.3 is 0 Å². The molecule has 177 valence electrons.